The first-order chi connectivity index (χ1) is 7.78. The first-order valence-corrected chi connectivity index (χ1v) is 5.97. The van der Waals surface area contributed by atoms with Crippen LogP contribution >= 0.6 is 0 Å². The summed E-state index contributed by atoms with van der Waals surface area (Å²) in [5.41, 5.74) is 1.94. The van der Waals surface area contributed by atoms with Gasteiger partial charge in [-0.15, -0.1) is 0 Å². The first-order valence-electron chi connectivity index (χ1n) is 5.97. The van der Waals surface area contributed by atoms with E-state index in [2.05, 4.69) is 31.4 Å². The fraction of sp³-hybridized carbons (Fsp3) is 0.500. The van der Waals surface area contributed by atoms with E-state index in [0.29, 0.717) is 0 Å². The molecule has 0 saturated heterocycles. The molecule has 3 nitrogen and oxygen atoms in total. The molecule has 0 saturated carbocycles. The average Bonchev–Trinajstić information content (AvgIpc) is 2.18. The van der Waals surface area contributed by atoms with Crippen LogP contribution < -0.4 is 10.6 Å². The minimum atomic E-state index is 0.00220. The number of benzene rings is 1. The van der Waals surface area contributed by atoms with Gasteiger partial charge in [0.15, 0.2) is 0 Å². The van der Waals surface area contributed by atoms with Crippen LogP contribution in [0.2, 0.25) is 0 Å². The summed E-state index contributed by atoms with van der Waals surface area (Å²) in [6, 6.07) is 7.77. The highest BCUT2D eigenvalue weighted by atomic mass is 16.1. The smallest absolute Gasteiger partial charge is 0.226 e. The van der Waals surface area contributed by atoms with Crippen molar-refractivity contribution in [2.75, 3.05) is 10.6 Å². The second-order valence-corrected chi connectivity index (χ2v) is 5.60. The Bertz CT molecular complexity index is 374. The van der Waals surface area contributed by atoms with Crippen molar-refractivity contribution >= 4 is 17.3 Å². The van der Waals surface area contributed by atoms with Crippen molar-refractivity contribution in [3.05, 3.63) is 24.3 Å². The molecule has 0 aromatic heterocycles. The predicted molar refractivity (Wildman–Crippen MR) is 73.3 cm³/mol. The van der Waals surface area contributed by atoms with Crippen molar-refractivity contribution in [2.45, 2.75) is 40.2 Å². The molecule has 1 aromatic rings. The fourth-order valence-corrected chi connectivity index (χ4v) is 1.36. The van der Waals surface area contributed by atoms with Gasteiger partial charge in [-0.2, -0.15) is 0 Å². The van der Waals surface area contributed by atoms with Crippen molar-refractivity contribution in [1.29, 1.82) is 0 Å². The highest BCUT2D eigenvalue weighted by molar-refractivity contribution is 5.92. The van der Waals surface area contributed by atoms with Crippen LogP contribution in [0.4, 0.5) is 11.4 Å². The zero-order chi connectivity index (χ0) is 13.1. The van der Waals surface area contributed by atoms with Gasteiger partial charge in [-0.3, -0.25) is 4.79 Å². The molecule has 0 fully saturated rings. The minimum absolute atomic E-state index is 0.00220. The van der Waals surface area contributed by atoms with Crippen LogP contribution in [0.5, 0.6) is 0 Å². The molecule has 0 aliphatic rings. The molecule has 1 rings (SSSR count). The van der Waals surface area contributed by atoms with E-state index in [4.69, 9.17) is 0 Å². The SMILES string of the molecule is CC(C)C(=O)Nc1ccc(NC(C)(C)C)cc1. The number of nitrogens with one attached hydrogen (secondary N) is 2. The summed E-state index contributed by atoms with van der Waals surface area (Å²) in [7, 11) is 0. The molecule has 0 spiro atoms. The zero-order valence-electron chi connectivity index (χ0n) is 11.3. The molecule has 1 aromatic carbocycles. The van der Waals surface area contributed by atoms with Gasteiger partial charge in [-0.1, -0.05) is 13.8 Å². The molecule has 1 amide bonds. The van der Waals surface area contributed by atoms with Crippen LogP contribution in [0.1, 0.15) is 34.6 Å². The van der Waals surface area contributed by atoms with Gasteiger partial charge in [0.25, 0.3) is 0 Å². The van der Waals surface area contributed by atoms with E-state index in [1.165, 1.54) is 0 Å². The molecular weight excluding hydrogens is 212 g/mol. The summed E-state index contributed by atoms with van der Waals surface area (Å²) in [4.78, 5) is 11.5. The van der Waals surface area contributed by atoms with Crippen LogP contribution in [0.15, 0.2) is 24.3 Å². The fourth-order valence-electron chi connectivity index (χ4n) is 1.36. The van der Waals surface area contributed by atoms with Crippen LogP contribution in [-0.2, 0) is 4.79 Å². The van der Waals surface area contributed by atoms with Gasteiger partial charge in [-0.05, 0) is 45.0 Å². The van der Waals surface area contributed by atoms with Gasteiger partial charge in [-0.25, -0.2) is 0 Å². The maximum atomic E-state index is 11.5. The Morgan fingerprint density at radius 1 is 1.06 bits per heavy atom. The summed E-state index contributed by atoms with van der Waals surface area (Å²) >= 11 is 0. The Hall–Kier alpha value is -1.51. The molecular formula is C14H22N2O. The summed E-state index contributed by atoms with van der Waals surface area (Å²) < 4.78 is 0. The van der Waals surface area contributed by atoms with Crippen molar-refractivity contribution in [3.63, 3.8) is 0 Å². The molecule has 0 heterocycles. The molecule has 0 aliphatic heterocycles. The lowest BCUT2D eigenvalue weighted by atomic mass is 10.1. The largest absolute Gasteiger partial charge is 0.380 e. The number of amides is 1. The Labute approximate surface area is 104 Å². The Morgan fingerprint density at radius 3 is 1.94 bits per heavy atom. The second-order valence-electron chi connectivity index (χ2n) is 5.60. The molecule has 3 heteroatoms. The molecule has 0 atom stereocenters. The number of rotatable bonds is 3. The normalized spacial score (nSPS) is 11.4. The number of hydrogen-bond acceptors (Lipinski definition) is 2. The quantitative estimate of drug-likeness (QED) is 0.840. The van der Waals surface area contributed by atoms with Crippen molar-refractivity contribution in [3.8, 4) is 0 Å². The van der Waals surface area contributed by atoms with E-state index in [0.717, 1.165) is 11.4 Å². The van der Waals surface area contributed by atoms with Crippen molar-refractivity contribution in [2.24, 2.45) is 5.92 Å². The maximum Gasteiger partial charge on any atom is 0.226 e. The van der Waals surface area contributed by atoms with E-state index in [1.54, 1.807) is 0 Å². The Morgan fingerprint density at radius 2 is 1.53 bits per heavy atom. The number of anilines is 2. The Balaban J connectivity index is 2.65. The van der Waals surface area contributed by atoms with Crippen LogP contribution in [-0.4, -0.2) is 11.4 Å². The van der Waals surface area contributed by atoms with Gasteiger partial charge in [0.05, 0.1) is 0 Å². The lowest BCUT2D eigenvalue weighted by molar-refractivity contribution is -0.118. The standard InChI is InChI=1S/C14H22N2O/c1-10(2)13(17)15-11-6-8-12(9-7-11)16-14(3,4)5/h6-10,16H,1-5H3,(H,15,17). The topological polar surface area (TPSA) is 41.1 Å². The van der Waals surface area contributed by atoms with Crippen molar-refractivity contribution in [1.82, 2.24) is 0 Å². The lowest BCUT2D eigenvalue weighted by Gasteiger charge is -2.22. The van der Waals surface area contributed by atoms with E-state index in [9.17, 15) is 4.79 Å². The van der Waals surface area contributed by atoms with Gasteiger partial charge in [0.2, 0.25) is 5.91 Å². The molecule has 0 unspecified atom stereocenters. The van der Waals surface area contributed by atoms with Gasteiger partial charge in [0.1, 0.15) is 0 Å². The highest BCUT2D eigenvalue weighted by Gasteiger charge is 2.10. The van der Waals surface area contributed by atoms with Crippen LogP contribution in [0.25, 0.3) is 0 Å². The molecule has 0 radical (unpaired) electrons. The van der Waals surface area contributed by atoms with Gasteiger partial charge < -0.3 is 10.6 Å². The van der Waals surface area contributed by atoms with Crippen molar-refractivity contribution < 1.29 is 4.79 Å². The number of hydrogen-bond donors (Lipinski definition) is 2. The molecule has 0 aliphatic carbocycles. The number of carbonyl (C=O) groups is 1. The van der Waals surface area contributed by atoms with Crippen LogP contribution in [0.3, 0.4) is 0 Å². The minimum Gasteiger partial charge on any atom is -0.380 e. The van der Waals surface area contributed by atoms with Gasteiger partial charge in [0, 0.05) is 22.8 Å². The molecule has 2 N–H and O–H groups in total. The van der Waals surface area contributed by atoms with Crippen LogP contribution in [0, 0.1) is 5.92 Å². The predicted octanol–water partition coefficient (Wildman–Crippen LogP) is 3.49. The third kappa shape index (κ3) is 4.89. The maximum absolute atomic E-state index is 11.5. The van der Waals surface area contributed by atoms with Gasteiger partial charge >= 0.3 is 0 Å². The number of carbonyl (C=O) groups excluding carboxylic acids is 1. The monoisotopic (exact) mass is 234 g/mol. The molecule has 94 valence electrons. The second kappa shape index (κ2) is 5.21. The third-order valence-electron chi connectivity index (χ3n) is 2.20. The average molecular weight is 234 g/mol. The summed E-state index contributed by atoms with van der Waals surface area (Å²) in [5, 5.41) is 6.24. The summed E-state index contributed by atoms with van der Waals surface area (Å²) in [5.74, 6) is 0.0453. The molecule has 17 heavy (non-hydrogen) atoms. The highest BCUT2D eigenvalue weighted by Crippen LogP contribution is 2.18. The zero-order valence-corrected chi connectivity index (χ0v) is 11.3. The first kappa shape index (κ1) is 13.6. The summed E-state index contributed by atoms with van der Waals surface area (Å²) in [6.45, 7) is 10.1. The van der Waals surface area contributed by atoms with E-state index < -0.39 is 0 Å². The third-order valence-corrected chi connectivity index (χ3v) is 2.20. The molecule has 0 bridgehead atoms. The van der Waals surface area contributed by atoms with E-state index in [-0.39, 0.29) is 17.4 Å². The van der Waals surface area contributed by atoms with E-state index in [1.807, 2.05) is 38.1 Å². The van der Waals surface area contributed by atoms with E-state index >= 15 is 0 Å². The lowest BCUT2D eigenvalue weighted by Crippen LogP contribution is -2.26. The summed E-state index contributed by atoms with van der Waals surface area (Å²) in [6.07, 6.45) is 0. The Kier molecular flexibility index (Phi) is 4.16.